The van der Waals surface area contributed by atoms with E-state index in [9.17, 15) is 4.79 Å². The molecular formula is C22H36N3O3S2+. The van der Waals surface area contributed by atoms with E-state index < -0.39 is 0 Å². The Morgan fingerprint density at radius 1 is 1.30 bits per heavy atom. The Balaban J connectivity index is 1.68. The van der Waals surface area contributed by atoms with E-state index in [1.807, 2.05) is 6.92 Å². The van der Waals surface area contributed by atoms with E-state index in [0.717, 1.165) is 54.7 Å². The smallest absolute Gasteiger partial charge is 0.371 e. The number of rotatable bonds is 11. The first-order valence-electron chi connectivity index (χ1n) is 11.4. The molecule has 1 aromatic rings. The Bertz CT molecular complexity index is 720. The van der Waals surface area contributed by atoms with Crippen LogP contribution in [0.2, 0.25) is 0 Å². The first-order valence-corrected chi connectivity index (χ1v) is 13.1. The zero-order valence-corrected chi connectivity index (χ0v) is 20.2. The van der Waals surface area contributed by atoms with Gasteiger partial charge < -0.3 is 9.47 Å². The van der Waals surface area contributed by atoms with E-state index in [0.29, 0.717) is 18.4 Å². The van der Waals surface area contributed by atoms with Gasteiger partial charge in [-0.25, -0.2) is 4.79 Å². The minimum Gasteiger partial charge on any atom is -0.475 e. The molecule has 1 aliphatic carbocycles. The standard InChI is InChI=1S/C22H36N3O3S2/c1-4-6-7-8-15-27-20-19(23-30-24-20)18-13-10-14-25(3,16-18)21(17-11-9-12-17)28-22(26)29-5-2/h13,17,21H,4-12,14-16H2,1-3H3/q+1. The van der Waals surface area contributed by atoms with Crippen LogP contribution in [0.3, 0.4) is 0 Å². The lowest BCUT2D eigenvalue weighted by atomic mass is 9.82. The highest BCUT2D eigenvalue weighted by atomic mass is 32.2. The summed E-state index contributed by atoms with van der Waals surface area (Å²) in [4.78, 5) is 12.3. The fraction of sp³-hybridized carbons (Fsp3) is 0.773. The summed E-state index contributed by atoms with van der Waals surface area (Å²) in [6, 6.07) is 0. The van der Waals surface area contributed by atoms with Crippen LogP contribution in [0.1, 0.15) is 70.9 Å². The molecule has 6 nitrogen and oxygen atoms in total. The number of quaternary nitrogens is 1. The quantitative estimate of drug-likeness (QED) is 0.241. The van der Waals surface area contributed by atoms with Gasteiger partial charge in [-0.2, -0.15) is 4.37 Å². The number of carbonyl (C=O) groups excluding carboxylic acids is 1. The van der Waals surface area contributed by atoms with Crippen molar-refractivity contribution in [3.8, 4) is 5.88 Å². The predicted octanol–water partition coefficient (Wildman–Crippen LogP) is 5.75. The molecule has 0 aromatic carbocycles. The van der Waals surface area contributed by atoms with Gasteiger partial charge in [-0.15, -0.1) is 4.37 Å². The van der Waals surface area contributed by atoms with Crippen LogP contribution in [0.25, 0.3) is 5.57 Å². The second-order valence-corrected chi connectivity index (χ2v) is 10.3. The average molecular weight is 455 g/mol. The van der Waals surface area contributed by atoms with E-state index in [1.165, 1.54) is 54.7 Å². The fourth-order valence-corrected chi connectivity index (χ4v) is 5.27. The van der Waals surface area contributed by atoms with Crippen LogP contribution in [0.5, 0.6) is 5.88 Å². The van der Waals surface area contributed by atoms with Crippen molar-refractivity contribution < 1.29 is 18.8 Å². The lowest BCUT2D eigenvalue weighted by Crippen LogP contribution is -2.60. The van der Waals surface area contributed by atoms with Crippen LogP contribution in [0.15, 0.2) is 6.08 Å². The van der Waals surface area contributed by atoms with Gasteiger partial charge in [0.05, 0.1) is 31.9 Å². The van der Waals surface area contributed by atoms with Gasteiger partial charge >= 0.3 is 5.30 Å². The second kappa shape index (κ2) is 11.5. The Kier molecular flexibility index (Phi) is 9.01. The van der Waals surface area contributed by atoms with E-state index in [1.54, 1.807) is 0 Å². The van der Waals surface area contributed by atoms with Gasteiger partial charge in [-0.05, 0) is 31.0 Å². The molecule has 0 saturated heterocycles. The van der Waals surface area contributed by atoms with Crippen LogP contribution in [-0.2, 0) is 4.74 Å². The minimum absolute atomic E-state index is 0.0843. The Hall–Kier alpha value is -1.12. The Morgan fingerprint density at radius 2 is 2.13 bits per heavy atom. The third kappa shape index (κ3) is 5.98. The molecule has 1 fully saturated rings. The molecule has 3 rings (SSSR count). The van der Waals surface area contributed by atoms with Crippen molar-refractivity contribution in [3.05, 3.63) is 11.8 Å². The van der Waals surface area contributed by atoms with Gasteiger partial charge in [-0.1, -0.05) is 45.6 Å². The maximum atomic E-state index is 12.3. The van der Waals surface area contributed by atoms with Gasteiger partial charge in [0.15, 0.2) is 0 Å². The molecule has 2 aliphatic rings. The van der Waals surface area contributed by atoms with Crippen molar-refractivity contribution in [1.29, 1.82) is 0 Å². The highest BCUT2D eigenvalue weighted by molar-refractivity contribution is 8.13. The van der Waals surface area contributed by atoms with Crippen molar-refractivity contribution in [2.24, 2.45) is 5.92 Å². The van der Waals surface area contributed by atoms with Crippen molar-refractivity contribution in [2.45, 2.75) is 71.4 Å². The summed E-state index contributed by atoms with van der Waals surface area (Å²) in [5.41, 5.74) is 2.05. The van der Waals surface area contributed by atoms with E-state index >= 15 is 0 Å². The Morgan fingerprint density at radius 3 is 2.83 bits per heavy atom. The normalized spacial score (nSPS) is 22.8. The van der Waals surface area contributed by atoms with Gasteiger partial charge in [-0.3, -0.25) is 4.48 Å². The molecular weight excluding hydrogens is 418 g/mol. The summed E-state index contributed by atoms with van der Waals surface area (Å²) in [6.07, 6.45) is 11.3. The fourth-order valence-electron chi connectivity index (χ4n) is 4.33. The van der Waals surface area contributed by atoms with Crippen LogP contribution < -0.4 is 4.74 Å². The number of hydrogen-bond donors (Lipinski definition) is 0. The van der Waals surface area contributed by atoms with Crippen LogP contribution in [0, 0.1) is 5.92 Å². The number of nitrogens with zero attached hydrogens (tertiary/aromatic N) is 3. The molecule has 0 N–H and O–H groups in total. The van der Waals surface area contributed by atoms with Crippen molar-refractivity contribution in [2.75, 3.05) is 32.5 Å². The second-order valence-electron chi connectivity index (χ2n) is 8.59. The largest absolute Gasteiger partial charge is 0.475 e. The third-order valence-electron chi connectivity index (χ3n) is 6.21. The highest BCUT2D eigenvalue weighted by Crippen LogP contribution is 2.39. The number of thioether (sulfide) groups is 1. The SMILES string of the molecule is CCCCCCOc1nsnc1C1=CCC[N+](C)(C(OC(=O)SCC)C2CCC2)C1. The summed E-state index contributed by atoms with van der Waals surface area (Å²) in [7, 11) is 2.23. The number of carbonyl (C=O) groups is 1. The summed E-state index contributed by atoms with van der Waals surface area (Å²) < 4.78 is 21.7. The van der Waals surface area contributed by atoms with Crippen molar-refractivity contribution >= 4 is 34.4 Å². The molecule has 8 heteroatoms. The monoisotopic (exact) mass is 454 g/mol. The molecule has 2 atom stereocenters. The third-order valence-corrected chi connectivity index (χ3v) is 7.34. The molecule has 0 amide bonds. The highest BCUT2D eigenvalue weighted by Gasteiger charge is 2.46. The first-order chi connectivity index (χ1) is 14.6. The van der Waals surface area contributed by atoms with Crippen LogP contribution >= 0.6 is 23.5 Å². The molecule has 0 spiro atoms. The number of likely N-dealkylation sites (N-methyl/N-ethyl adjacent to an activating group) is 1. The van der Waals surface area contributed by atoms with Gasteiger partial charge in [0.1, 0.15) is 12.2 Å². The number of aromatic nitrogens is 2. The maximum absolute atomic E-state index is 12.3. The lowest BCUT2D eigenvalue weighted by molar-refractivity contribution is -0.951. The molecule has 30 heavy (non-hydrogen) atoms. The molecule has 2 unspecified atom stereocenters. The van der Waals surface area contributed by atoms with Gasteiger partial charge in [0.2, 0.25) is 6.23 Å². The molecule has 0 radical (unpaired) electrons. The van der Waals surface area contributed by atoms with E-state index in [2.05, 4.69) is 28.8 Å². The first kappa shape index (κ1) is 23.5. The van der Waals surface area contributed by atoms with Crippen LogP contribution in [-0.4, -0.2) is 57.3 Å². The number of unbranched alkanes of at least 4 members (excludes halogenated alkanes) is 3. The average Bonchev–Trinajstić information content (AvgIpc) is 3.15. The molecule has 1 aromatic heterocycles. The lowest BCUT2D eigenvalue weighted by Gasteiger charge is -2.47. The summed E-state index contributed by atoms with van der Waals surface area (Å²) in [6.45, 7) is 6.65. The topological polar surface area (TPSA) is 61.3 Å². The minimum atomic E-state index is -0.142. The Labute approximate surface area is 189 Å². The number of hydrogen-bond acceptors (Lipinski definition) is 7. The number of ether oxygens (including phenoxy) is 2. The van der Waals surface area contributed by atoms with E-state index in [-0.39, 0.29) is 11.5 Å². The van der Waals surface area contributed by atoms with E-state index in [4.69, 9.17) is 9.47 Å². The molecule has 0 bridgehead atoms. The van der Waals surface area contributed by atoms with Crippen molar-refractivity contribution in [1.82, 2.24) is 8.75 Å². The molecule has 2 heterocycles. The van der Waals surface area contributed by atoms with Gasteiger partial charge in [0, 0.05) is 23.7 Å². The zero-order valence-electron chi connectivity index (χ0n) is 18.6. The maximum Gasteiger partial charge on any atom is 0.371 e. The van der Waals surface area contributed by atoms with Crippen LogP contribution in [0.4, 0.5) is 4.79 Å². The molecule has 1 aliphatic heterocycles. The predicted molar refractivity (Wildman–Crippen MR) is 124 cm³/mol. The summed E-state index contributed by atoms with van der Waals surface area (Å²) in [5, 5.41) is -0.142. The van der Waals surface area contributed by atoms with Gasteiger partial charge in [0.25, 0.3) is 5.88 Å². The molecule has 1 saturated carbocycles. The molecule has 168 valence electrons. The van der Waals surface area contributed by atoms with Crippen molar-refractivity contribution in [3.63, 3.8) is 0 Å². The summed E-state index contributed by atoms with van der Waals surface area (Å²) >= 11 is 2.48. The zero-order chi connectivity index (χ0) is 21.4. The summed E-state index contributed by atoms with van der Waals surface area (Å²) in [5.74, 6) is 1.86.